The summed E-state index contributed by atoms with van der Waals surface area (Å²) in [5, 5.41) is 11.2. The van der Waals surface area contributed by atoms with Crippen molar-refractivity contribution in [2.24, 2.45) is 0 Å². The SMILES string of the molecule is CCOC(Cc1ccc(OCCN(CC(F)(F)C(F)(F)C(F)(F)C(F)(F)C(F)(F)F)C(=O)Nc2ccc(OC)cc2)cc1)C(=O)O. The summed E-state index contributed by atoms with van der Waals surface area (Å²) in [7, 11) is 1.27. The highest BCUT2D eigenvalue weighted by Crippen LogP contribution is 2.57. The molecule has 1 atom stereocenters. The van der Waals surface area contributed by atoms with E-state index in [1.54, 1.807) is 6.92 Å². The fourth-order valence-electron chi connectivity index (χ4n) is 3.70. The summed E-state index contributed by atoms with van der Waals surface area (Å²) in [4.78, 5) is 23.8. The van der Waals surface area contributed by atoms with Crippen molar-refractivity contribution in [2.45, 2.75) is 49.3 Å². The van der Waals surface area contributed by atoms with E-state index in [1.807, 2.05) is 5.32 Å². The second-order valence-corrected chi connectivity index (χ2v) is 9.48. The Bertz CT molecular complexity index is 1310. The molecule has 258 valence electrons. The molecule has 0 fully saturated rings. The number of amides is 2. The molecule has 0 aliphatic heterocycles. The maximum atomic E-state index is 14.6. The number of anilines is 1. The smallest absolute Gasteiger partial charge is 0.460 e. The lowest BCUT2D eigenvalue weighted by Crippen LogP contribution is -2.68. The Morgan fingerprint density at radius 1 is 0.826 bits per heavy atom. The maximum Gasteiger partial charge on any atom is 0.460 e. The molecule has 0 spiro atoms. The number of aliphatic carboxylic acids is 1. The summed E-state index contributed by atoms with van der Waals surface area (Å²) >= 11 is 0. The van der Waals surface area contributed by atoms with Gasteiger partial charge in [-0.3, -0.25) is 0 Å². The number of nitrogens with one attached hydrogen (secondary N) is 1. The summed E-state index contributed by atoms with van der Waals surface area (Å²) in [6.45, 7) is -2.96. The van der Waals surface area contributed by atoms with Gasteiger partial charge in [-0.25, -0.2) is 9.59 Å². The van der Waals surface area contributed by atoms with Gasteiger partial charge in [0.15, 0.2) is 6.10 Å². The number of carbonyl (C=O) groups excluding carboxylic acids is 1. The van der Waals surface area contributed by atoms with E-state index in [4.69, 9.17) is 14.2 Å². The number of rotatable bonds is 16. The van der Waals surface area contributed by atoms with Crippen LogP contribution in [0, 0.1) is 0 Å². The number of ether oxygens (including phenoxy) is 3. The number of nitrogens with zero attached hydrogens (tertiary/aromatic N) is 1. The fourth-order valence-corrected chi connectivity index (χ4v) is 3.70. The van der Waals surface area contributed by atoms with Crippen LogP contribution in [0.15, 0.2) is 48.5 Å². The molecule has 2 aromatic carbocycles. The molecular formula is C27H27F11N2O6. The van der Waals surface area contributed by atoms with Crippen LogP contribution < -0.4 is 14.8 Å². The van der Waals surface area contributed by atoms with Gasteiger partial charge in [-0.05, 0) is 48.9 Å². The summed E-state index contributed by atoms with van der Waals surface area (Å²) in [5.41, 5.74) is 0.287. The van der Waals surface area contributed by atoms with E-state index in [1.165, 1.54) is 43.5 Å². The first-order chi connectivity index (χ1) is 21.1. The number of carbonyl (C=O) groups is 2. The molecule has 0 aliphatic rings. The van der Waals surface area contributed by atoms with Gasteiger partial charge in [0.05, 0.1) is 20.2 Å². The van der Waals surface area contributed by atoms with Gasteiger partial charge in [0, 0.05) is 18.7 Å². The topological polar surface area (TPSA) is 97.3 Å². The Hall–Kier alpha value is -4.03. The van der Waals surface area contributed by atoms with Crippen LogP contribution in [0.2, 0.25) is 0 Å². The third-order valence-electron chi connectivity index (χ3n) is 6.24. The van der Waals surface area contributed by atoms with Crippen LogP contribution in [0.25, 0.3) is 0 Å². The third-order valence-corrected chi connectivity index (χ3v) is 6.24. The number of hydrogen-bond donors (Lipinski definition) is 2. The van der Waals surface area contributed by atoms with Crippen molar-refractivity contribution in [1.82, 2.24) is 4.90 Å². The van der Waals surface area contributed by atoms with Crippen molar-refractivity contribution < 1.29 is 77.2 Å². The average molecular weight is 684 g/mol. The average Bonchev–Trinajstić information content (AvgIpc) is 2.96. The molecule has 2 aromatic rings. The summed E-state index contributed by atoms with van der Waals surface area (Å²) in [6.07, 6.45) is -8.58. The van der Waals surface area contributed by atoms with Crippen LogP contribution in [-0.4, -0.2) is 91.4 Å². The Labute approximate surface area is 254 Å². The first-order valence-electron chi connectivity index (χ1n) is 13.0. The Kier molecular flexibility index (Phi) is 12.1. The largest absolute Gasteiger partial charge is 0.497 e. The van der Waals surface area contributed by atoms with Gasteiger partial charge in [-0.2, -0.15) is 48.3 Å². The summed E-state index contributed by atoms with van der Waals surface area (Å²) in [6, 6.07) is 8.48. The molecule has 0 bridgehead atoms. The number of urea groups is 1. The second kappa shape index (κ2) is 14.6. The van der Waals surface area contributed by atoms with Crippen molar-refractivity contribution >= 4 is 17.7 Å². The van der Waals surface area contributed by atoms with Crippen LogP contribution in [0.1, 0.15) is 12.5 Å². The van der Waals surface area contributed by atoms with Gasteiger partial charge in [0.25, 0.3) is 0 Å². The molecule has 2 amide bonds. The van der Waals surface area contributed by atoms with E-state index in [2.05, 4.69) is 0 Å². The number of methoxy groups -OCH3 is 1. The minimum atomic E-state index is -7.64. The van der Waals surface area contributed by atoms with Crippen LogP contribution in [0.5, 0.6) is 11.5 Å². The van der Waals surface area contributed by atoms with Crippen LogP contribution in [0.3, 0.4) is 0 Å². The molecule has 0 heterocycles. The quantitative estimate of drug-likeness (QED) is 0.190. The number of hydrogen-bond acceptors (Lipinski definition) is 5. The molecule has 0 saturated carbocycles. The van der Waals surface area contributed by atoms with E-state index in [0.29, 0.717) is 5.56 Å². The molecule has 2 rings (SSSR count). The molecular weight excluding hydrogens is 657 g/mol. The molecule has 0 radical (unpaired) electrons. The zero-order valence-corrected chi connectivity index (χ0v) is 23.8. The highest BCUT2D eigenvalue weighted by Gasteiger charge is 2.87. The van der Waals surface area contributed by atoms with Crippen LogP contribution in [0.4, 0.5) is 58.8 Å². The lowest BCUT2D eigenvalue weighted by Gasteiger charge is -2.38. The number of benzene rings is 2. The van der Waals surface area contributed by atoms with Gasteiger partial charge >= 0.3 is 41.9 Å². The molecule has 8 nitrogen and oxygen atoms in total. The van der Waals surface area contributed by atoms with E-state index in [-0.39, 0.29) is 35.1 Å². The van der Waals surface area contributed by atoms with Crippen molar-refractivity contribution in [2.75, 3.05) is 38.7 Å². The number of halogens is 11. The van der Waals surface area contributed by atoms with E-state index < -0.39 is 67.7 Å². The lowest BCUT2D eigenvalue weighted by molar-refractivity contribution is -0.422. The number of alkyl halides is 11. The first kappa shape index (κ1) is 38.2. The van der Waals surface area contributed by atoms with E-state index in [0.717, 1.165) is 12.1 Å². The zero-order chi connectivity index (χ0) is 35.1. The van der Waals surface area contributed by atoms with Crippen LogP contribution >= 0.6 is 0 Å². The Morgan fingerprint density at radius 2 is 1.37 bits per heavy atom. The minimum Gasteiger partial charge on any atom is -0.497 e. The monoisotopic (exact) mass is 684 g/mol. The maximum absolute atomic E-state index is 14.6. The second-order valence-electron chi connectivity index (χ2n) is 9.48. The third kappa shape index (κ3) is 8.61. The van der Waals surface area contributed by atoms with E-state index >= 15 is 0 Å². The highest BCUT2D eigenvalue weighted by atomic mass is 19.4. The van der Waals surface area contributed by atoms with Gasteiger partial charge in [0.2, 0.25) is 0 Å². The predicted octanol–water partition coefficient (Wildman–Crippen LogP) is 6.74. The van der Waals surface area contributed by atoms with Crippen molar-refractivity contribution in [1.29, 1.82) is 0 Å². The molecule has 1 unspecified atom stereocenters. The molecule has 0 aliphatic carbocycles. The molecule has 2 N–H and O–H groups in total. The van der Waals surface area contributed by atoms with Gasteiger partial charge < -0.3 is 29.5 Å². The van der Waals surface area contributed by atoms with Crippen LogP contribution in [-0.2, 0) is 16.0 Å². The number of carboxylic acid groups (broad SMARTS) is 1. The zero-order valence-electron chi connectivity index (χ0n) is 23.8. The van der Waals surface area contributed by atoms with Crippen molar-refractivity contribution in [3.8, 4) is 11.5 Å². The van der Waals surface area contributed by atoms with Gasteiger partial charge in [-0.15, -0.1) is 0 Å². The normalized spacial score (nSPS) is 13.6. The molecule has 46 heavy (non-hydrogen) atoms. The Balaban J connectivity index is 2.29. The Morgan fingerprint density at radius 3 is 1.85 bits per heavy atom. The van der Waals surface area contributed by atoms with Gasteiger partial charge in [-0.1, -0.05) is 12.1 Å². The predicted molar refractivity (Wildman–Crippen MR) is 138 cm³/mol. The first-order valence-corrected chi connectivity index (χ1v) is 13.0. The van der Waals surface area contributed by atoms with Gasteiger partial charge in [0.1, 0.15) is 18.1 Å². The lowest BCUT2D eigenvalue weighted by atomic mass is 9.97. The minimum absolute atomic E-state index is 0.0315. The van der Waals surface area contributed by atoms with Crippen molar-refractivity contribution in [3.05, 3.63) is 54.1 Å². The summed E-state index contributed by atoms with van der Waals surface area (Å²) < 4.78 is 165. The van der Waals surface area contributed by atoms with Crippen molar-refractivity contribution in [3.63, 3.8) is 0 Å². The molecule has 0 aromatic heterocycles. The fraction of sp³-hybridized carbons (Fsp3) is 0.481. The van der Waals surface area contributed by atoms with E-state index in [9.17, 15) is 63.0 Å². The molecule has 19 heteroatoms. The summed E-state index contributed by atoms with van der Waals surface area (Å²) in [5.74, 6) is -29.9. The number of carboxylic acids is 1. The molecule has 0 saturated heterocycles. The standard InChI is InChI=1S/C27H27F11N2O6/c1-3-45-20(21(41)42)14-16-4-8-19(9-5-16)46-13-12-40(22(43)39-17-6-10-18(44-2)11-7-17)15-23(28,29)24(30,31)25(32,33)26(34,35)27(36,37)38/h4-11,20H,3,12-15H2,1-2H3,(H,39,43)(H,41,42). The highest BCUT2D eigenvalue weighted by molar-refractivity contribution is 5.89.